The summed E-state index contributed by atoms with van der Waals surface area (Å²) in [6, 6.07) is 18.7. The van der Waals surface area contributed by atoms with Gasteiger partial charge in [0.15, 0.2) is 11.5 Å². The highest BCUT2D eigenvalue weighted by molar-refractivity contribution is 7.92. The maximum atomic E-state index is 14.1. The molecule has 1 N–H and O–H groups in total. The van der Waals surface area contributed by atoms with Crippen molar-refractivity contribution >= 4 is 39.1 Å². The minimum atomic E-state index is -4.20. The van der Waals surface area contributed by atoms with Gasteiger partial charge in [0.1, 0.15) is 12.6 Å². The summed E-state index contributed by atoms with van der Waals surface area (Å²) in [6.45, 7) is 1.19. The predicted octanol–water partition coefficient (Wildman–Crippen LogP) is 5.42. The largest absolute Gasteiger partial charge is 0.493 e. The highest BCUT2D eigenvalue weighted by Crippen LogP contribution is 2.34. The van der Waals surface area contributed by atoms with Gasteiger partial charge in [-0.3, -0.25) is 13.9 Å². The van der Waals surface area contributed by atoms with Gasteiger partial charge in [0, 0.05) is 23.7 Å². The van der Waals surface area contributed by atoms with Crippen molar-refractivity contribution in [2.75, 3.05) is 25.1 Å². The number of carbonyl (C=O) groups excluding carboxylic acids is 2. The number of anilines is 1. The van der Waals surface area contributed by atoms with E-state index >= 15 is 0 Å². The van der Waals surface area contributed by atoms with Crippen LogP contribution in [0.5, 0.6) is 11.5 Å². The molecule has 1 aliphatic carbocycles. The average molecular weight is 628 g/mol. The van der Waals surface area contributed by atoms with Crippen LogP contribution in [-0.4, -0.2) is 58.0 Å². The van der Waals surface area contributed by atoms with E-state index in [1.165, 1.54) is 37.3 Å². The van der Waals surface area contributed by atoms with E-state index in [9.17, 15) is 18.0 Å². The van der Waals surface area contributed by atoms with Crippen molar-refractivity contribution in [2.24, 2.45) is 0 Å². The Morgan fingerprint density at radius 1 is 0.930 bits per heavy atom. The molecule has 0 radical (unpaired) electrons. The van der Waals surface area contributed by atoms with Crippen LogP contribution in [0.4, 0.5) is 5.69 Å². The Hall–Kier alpha value is -3.76. The molecule has 0 aliphatic heterocycles. The van der Waals surface area contributed by atoms with Gasteiger partial charge in [-0.25, -0.2) is 8.42 Å². The van der Waals surface area contributed by atoms with Gasteiger partial charge in [-0.15, -0.1) is 0 Å². The lowest BCUT2D eigenvalue weighted by molar-refractivity contribution is -0.139. The van der Waals surface area contributed by atoms with Crippen molar-refractivity contribution in [1.82, 2.24) is 10.2 Å². The Balaban J connectivity index is 1.70. The summed E-state index contributed by atoms with van der Waals surface area (Å²) >= 11 is 6.09. The topological polar surface area (TPSA) is 105 Å². The fraction of sp³-hybridized carbons (Fsp3) is 0.375. The highest BCUT2D eigenvalue weighted by Gasteiger charge is 2.33. The van der Waals surface area contributed by atoms with Crippen molar-refractivity contribution in [2.45, 2.75) is 62.6 Å². The first-order valence-electron chi connectivity index (χ1n) is 14.3. The van der Waals surface area contributed by atoms with Crippen LogP contribution >= 0.6 is 11.6 Å². The molecule has 1 unspecified atom stereocenters. The molecule has 3 aromatic rings. The number of methoxy groups -OCH3 is 2. The first-order chi connectivity index (χ1) is 20.6. The van der Waals surface area contributed by atoms with E-state index in [0.29, 0.717) is 16.5 Å². The van der Waals surface area contributed by atoms with Crippen LogP contribution in [0.1, 0.15) is 44.6 Å². The van der Waals surface area contributed by atoms with Crippen molar-refractivity contribution in [3.63, 3.8) is 0 Å². The Kier molecular flexibility index (Phi) is 10.9. The second-order valence-electron chi connectivity index (χ2n) is 10.5. The van der Waals surface area contributed by atoms with Crippen molar-refractivity contribution in [3.8, 4) is 11.5 Å². The Bertz CT molecular complexity index is 1500. The third-order valence-electron chi connectivity index (χ3n) is 7.65. The number of sulfonamides is 1. The molecule has 0 heterocycles. The van der Waals surface area contributed by atoms with Crippen LogP contribution in [-0.2, 0) is 26.2 Å². The van der Waals surface area contributed by atoms with E-state index in [0.717, 1.165) is 42.0 Å². The van der Waals surface area contributed by atoms with Gasteiger partial charge in [0.05, 0.1) is 24.8 Å². The van der Waals surface area contributed by atoms with Gasteiger partial charge in [0.2, 0.25) is 11.8 Å². The minimum absolute atomic E-state index is 0.0185. The number of amides is 2. The normalized spacial score (nSPS) is 14.4. The molecule has 9 nitrogen and oxygen atoms in total. The van der Waals surface area contributed by atoms with Crippen LogP contribution in [0.15, 0.2) is 77.7 Å². The van der Waals surface area contributed by atoms with E-state index in [2.05, 4.69) is 5.32 Å². The van der Waals surface area contributed by atoms with Gasteiger partial charge in [-0.05, 0) is 61.7 Å². The standard InChI is InChI=1S/C32H38ClN3O6S/c1-23(32(38)34-26-10-6-4-7-11-26)35(21-24-14-16-25(33)17-15-24)31(37)22-36(43(39,40)28-12-8-5-9-13-28)27-18-19-29(41-2)30(20-27)42-3/h5,8-9,12-20,23,26H,4,6-7,10-11,21-22H2,1-3H3,(H,34,38). The molecule has 1 saturated carbocycles. The molecule has 1 fully saturated rings. The SMILES string of the molecule is COc1ccc(N(CC(=O)N(Cc2ccc(Cl)cc2)C(C)C(=O)NC2CCCCC2)S(=O)(=O)c2ccccc2)cc1OC. The lowest BCUT2D eigenvalue weighted by Crippen LogP contribution is -2.53. The van der Waals surface area contributed by atoms with Crippen LogP contribution in [0.2, 0.25) is 5.02 Å². The van der Waals surface area contributed by atoms with Crippen molar-refractivity contribution in [1.29, 1.82) is 0 Å². The summed E-state index contributed by atoms with van der Waals surface area (Å²) in [4.78, 5) is 29.0. The number of ether oxygens (including phenoxy) is 2. The number of nitrogens with zero attached hydrogens (tertiary/aromatic N) is 2. The maximum absolute atomic E-state index is 14.1. The van der Waals surface area contributed by atoms with Crippen LogP contribution in [0.3, 0.4) is 0 Å². The first kappa shape index (κ1) is 32.2. The minimum Gasteiger partial charge on any atom is -0.493 e. The monoisotopic (exact) mass is 627 g/mol. The molecule has 0 saturated heterocycles. The molecular formula is C32H38ClN3O6S. The molecule has 0 aromatic heterocycles. The molecule has 11 heteroatoms. The lowest BCUT2D eigenvalue weighted by Gasteiger charge is -2.33. The predicted molar refractivity (Wildman–Crippen MR) is 167 cm³/mol. The zero-order chi connectivity index (χ0) is 31.0. The third-order valence-corrected chi connectivity index (χ3v) is 9.69. The smallest absolute Gasteiger partial charge is 0.264 e. The van der Waals surface area contributed by atoms with Gasteiger partial charge < -0.3 is 19.7 Å². The number of hydrogen-bond donors (Lipinski definition) is 1. The van der Waals surface area contributed by atoms with E-state index < -0.39 is 28.5 Å². The fourth-order valence-electron chi connectivity index (χ4n) is 5.17. The summed E-state index contributed by atoms with van der Waals surface area (Å²) < 4.78 is 39.8. The summed E-state index contributed by atoms with van der Waals surface area (Å²) in [6.07, 6.45) is 5.03. The van der Waals surface area contributed by atoms with Crippen LogP contribution in [0, 0.1) is 0 Å². The number of rotatable bonds is 12. The van der Waals surface area contributed by atoms with E-state index in [4.69, 9.17) is 21.1 Å². The zero-order valence-corrected chi connectivity index (χ0v) is 26.2. The second kappa shape index (κ2) is 14.6. The molecule has 43 heavy (non-hydrogen) atoms. The average Bonchev–Trinajstić information content (AvgIpc) is 3.03. The van der Waals surface area contributed by atoms with Crippen molar-refractivity contribution < 1.29 is 27.5 Å². The molecule has 4 rings (SSSR count). The van der Waals surface area contributed by atoms with Crippen LogP contribution < -0.4 is 19.1 Å². The van der Waals surface area contributed by atoms with Crippen molar-refractivity contribution in [3.05, 3.63) is 83.4 Å². The fourth-order valence-corrected chi connectivity index (χ4v) is 6.72. The summed E-state index contributed by atoms with van der Waals surface area (Å²) in [5, 5.41) is 3.64. The molecular weight excluding hydrogens is 590 g/mol. The number of benzene rings is 3. The number of halogens is 1. The van der Waals surface area contributed by atoms with Gasteiger partial charge in [-0.1, -0.05) is 61.2 Å². The lowest BCUT2D eigenvalue weighted by atomic mass is 9.95. The van der Waals surface area contributed by atoms with Gasteiger partial charge in [0.25, 0.3) is 10.0 Å². The molecule has 1 atom stereocenters. The molecule has 0 bridgehead atoms. The molecule has 3 aromatic carbocycles. The number of hydrogen-bond acceptors (Lipinski definition) is 6. The van der Waals surface area contributed by atoms with Gasteiger partial charge >= 0.3 is 0 Å². The van der Waals surface area contributed by atoms with Gasteiger partial charge in [-0.2, -0.15) is 0 Å². The quantitative estimate of drug-likeness (QED) is 0.288. The number of nitrogens with one attached hydrogen (secondary N) is 1. The summed E-state index contributed by atoms with van der Waals surface area (Å²) in [7, 11) is -1.28. The van der Waals surface area contributed by atoms with E-state index in [1.54, 1.807) is 61.5 Å². The Morgan fingerprint density at radius 2 is 1.58 bits per heavy atom. The zero-order valence-electron chi connectivity index (χ0n) is 24.7. The summed E-state index contributed by atoms with van der Waals surface area (Å²) in [5.41, 5.74) is 0.958. The van der Waals surface area contributed by atoms with E-state index in [1.807, 2.05) is 0 Å². The summed E-state index contributed by atoms with van der Waals surface area (Å²) in [5.74, 6) is -0.112. The highest BCUT2D eigenvalue weighted by atomic mass is 35.5. The Labute approximate surface area is 258 Å². The first-order valence-corrected chi connectivity index (χ1v) is 16.1. The third kappa shape index (κ3) is 8.00. The molecule has 1 aliphatic rings. The Morgan fingerprint density at radius 3 is 2.21 bits per heavy atom. The molecule has 0 spiro atoms. The van der Waals surface area contributed by atoms with E-state index in [-0.39, 0.29) is 29.1 Å². The second-order valence-corrected chi connectivity index (χ2v) is 12.8. The maximum Gasteiger partial charge on any atom is 0.264 e. The molecule has 2 amide bonds. The molecule has 230 valence electrons. The van der Waals surface area contributed by atoms with Crippen LogP contribution in [0.25, 0.3) is 0 Å². The number of carbonyl (C=O) groups is 2.